The van der Waals surface area contributed by atoms with E-state index in [9.17, 15) is 0 Å². The average molecular weight is 296 g/mol. The second-order valence-electron chi connectivity index (χ2n) is 5.84. The van der Waals surface area contributed by atoms with Gasteiger partial charge in [0.25, 0.3) is 0 Å². The third kappa shape index (κ3) is 4.09. The summed E-state index contributed by atoms with van der Waals surface area (Å²) in [4.78, 5) is 0. The van der Waals surface area contributed by atoms with Gasteiger partial charge in [-0.15, -0.1) is 0 Å². The Morgan fingerprint density at radius 1 is 1.05 bits per heavy atom. The van der Waals surface area contributed by atoms with Crippen molar-refractivity contribution in [2.45, 2.75) is 31.5 Å². The summed E-state index contributed by atoms with van der Waals surface area (Å²) < 4.78 is 5.44. The lowest BCUT2D eigenvalue weighted by atomic mass is 10.1. The van der Waals surface area contributed by atoms with Gasteiger partial charge in [-0.2, -0.15) is 0 Å². The summed E-state index contributed by atoms with van der Waals surface area (Å²) in [6, 6.07) is 19.9. The van der Waals surface area contributed by atoms with Gasteiger partial charge in [0, 0.05) is 30.7 Å². The molecule has 0 bridgehead atoms. The van der Waals surface area contributed by atoms with Crippen LogP contribution >= 0.6 is 0 Å². The van der Waals surface area contributed by atoms with Crippen LogP contribution in [0.4, 0.5) is 0 Å². The van der Waals surface area contributed by atoms with Crippen LogP contribution in [-0.2, 0) is 6.54 Å². The highest BCUT2D eigenvalue weighted by Crippen LogP contribution is 2.22. The SMILES string of the molecule is COc1ccccc1CNC(CNC1CC1)c1ccccc1. The van der Waals surface area contributed by atoms with Crippen molar-refractivity contribution in [1.82, 2.24) is 10.6 Å². The van der Waals surface area contributed by atoms with Crippen LogP contribution in [0.5, 0.6) is 5.75 Å². The minimum Gasteiger partial charge on any atom is -0.496 e. The van der Waals surface area contributed by atoms with Crippen LogP contribution in [0.3, 0.4) is 0 Å². The van der Waals surface area contributed by atoms with Gasteiger partial charge < -0.3 is 15.4 Å². The average Bonchev–Trinajstić information content (AvgIpc) is 3.40. The molecule has 1 aliphatic carbocycles. The zero-order valence-electron chi connectivity index (χ0n) is 13.1. The highest BCUT2D eigenvalue weighted by atomic mass is 16.5. The van der Waals surface area contributed by atoms with Gasteiger partial charge in [-0.1, -0.05) is 48.5 Å². The first-order valence-corrected chi connectivity index (χ1v) is 8.00. The molecule has 2 aromatic carbocycles. The van der Waals surface area contributed by atoms with Gasteiger partial charge in [-0.3, -0.25) is 0 Å². The van der Waals surface area contributed by atoms with Gasteiger partial charge in [-0.25, -0.2) is 0 Å². The maximum atomic E-state index is 5.44. The van der Waals surface area contributed by atoms with E-state index in [1.807, 2.05) is 12.1 Å². The fraction of sp³-hybridized carbons (Fsp3) is 0.368. The van der Waals surface area contributed by atoms with Crippen LogP contribution in [0.1, 0.15) is 30.0 Å². The van der Waals surface area contributed by atoms with E-state index in [1.54, 1.807) is 7.11 Å². The predicted molar refractivity (Wildman–Crippen MR) is 90.0 cm³/mol. The van der Waals surface area contributed by atoms with Crippen LogP contribution in [-0.4, -0.2) is 19.7 Å². The molecule has 3 heteroatoms. The molecule has 0 saturated heterocycles. The Morgan fingerprint density at radius 3 is 2.50 bits per heavy atom. The maximum absolute atomic E-state index is 5.44. The Balaban J connectivity index is 1.66. The van der Waals surface area contributed by atoms with Crippen LogP contribution < -0.4 is 15.4 Å². The van der Waals surface area contributed by atoms with Crippen molar-refractivity contribution >= 4 is 0 Å². The second-order valence-corrected chi connectivity index (χ2v) is 5.84. The fourth-order valence-corrected chi connectivity index (χ4v) is 2.65. The van der Waals surface area contributed by atoms with E-state index in [1.165, 1.54) is 24.0 Å². The zero-order valence-corrected chi connectivity index (χ0v) is 13.1. The van der Waals surface area contributed by atoms with Gasteiger partial charge in [-0.05, 0) is 24.5 Å². The van der Waals surface area contributed by atoms with E-state index in [0.717, 1.165) is 24.9 Å². The predicted octanol–water partition coefficient (Wildman–Crippen LogP) is 3.28. The van der Waals surface area contributed by atoms with Crippen molar-refractivity contribution in [3.05, 3.63) is 65.7 Å². The zero-order chi connectivity index (χ0) is 15.2. The van der Waals surface area contributed by atoms with Crippen molar-refractivity contribution in [1.29, 1.82) is 0 Å². The molecule has 1 saturated carbocycles. The van der Waals surface area contributed by atoms with E-state index in [-0.39, 0.29) is 0 Å². The largest absolute Gasteiger partial charge is 0.496 e. The fourth-order valence-electron chi connectivity index (χ4n) is 2.65. The monoisotopic (exact) mass is 296 g/mol. The summed E-state index contributed by atoms with van der Waals surface area (Å²) in [5.74, 6) is 0.942. The number of ether oxygens (including phenoxy) is 1. The molecule has 1 unspecified atom stereocenters. The number of nitrogens with one attached hydrogen (secondary N) is 2. The lowest BCUT2D eigenvalue weighted by Crippen LogP contribution is -2.32. The molecule has 0 amide bonds. The van der Waals surface area contributed by atoms with Crippen LogP contribution in [0, 0.1) is 0 Å². The minimum absolute atomic E-state index is 0.312. The molecule has 0 spiro atoms. The Labute approximate surface area is 132 Å². The molecule has 3 nitrogen and oxygen atoms in total. The molecule has 116 valence electrons. The topological polar surface area (TPSA) is 33.3 Å². The van der Waals surface area contributed by atoms with Crippen LogP contribution in [0.15, 0.2) is 54.6 Å². The molecule has 22 heavy (non-hydrogen) atoms. The van der Waals surface area contributed by atoms with Gasteiger partial charge in [0.1, 0.15) is 5.75 Å². The quantitative estimate of drug-likeness (QED) is 0.784. The van der Waals surface area contributed by atoms with Gasteiger partial charge >= 0.3 is 0 Å². The normalized spacial score (nSPS) is 15.5. The molecular formula is C19H24N2O. The number of hydrogen-bond acceptors (Lipinski definition) is 3. The molecule has 2 aromatic rings. The molecule has 0 radical (unpaired) electrons. The number of para-hydroxylation sites is 1. The van der Waals surface area contributed by atoms with Gasteiger partial charge in [0.15, 0.2) is 0 Å². The Bertz CT molecular complexity index is 581. The summed E-state index contributed by atoms with van der Waals surface area (Å²) in [7, 11) is 1.72. The lowest BCUT2D eigenvalue weighted by Gasteiger charge is -2.20. The highest BCUT2D eigenvalue weighted by Gasteiger charge is 2.22. The number of rotatable bonds is 8. The van der Waals surface area contributed by atoms with E-state index in [2.05, 4.69) is 53.1 Å². The first-order chi connectivity index (χ1) is 10.9. The molecule has 0 aliphatic heterocycles. The third-order valence-corrected chi connectivity index (χ3v) is 4.12. The van der Waals surface area contributed by atoms with E-state index in [4.69, 9.17) is 4.74 Å². The van der Waals surface area contributed by atoms with E-state index >= 15 is 0 Å². The first kappa shape index (κ1) is 15.1. The van der Waals surface area contributed by atoms with Crippen LogP contribution in [0.2, 0.25) is 0 Å². The standard InChI is InChI=1S/C19H24N2O/c1-22-19-10-6-5-9-16(19)13-21-18(14-20-17-11-12-17)15-7-3-2-4-8-15/h2-10,17-18,20-21H,11-14H2,1H3. The van der Waals surface area contributed by atoms with Crippen molar-refractivity contribution in [2.24, 2.45) is 0 Å². The Hall–Kier alpha value is -1.84. The molecule has 1 fully saturated rings. The smallest absolute Gasteiger partial charge is 0.123 e. The van der Waals surface area contributed by atoms with E-state index < -0.39 is 0 Å². The maximum Gasteiger partial charge on any atom is 0.123 e. The molecule has 0 aromatic heterocycles. The number of methoxy groups -OCH3 is 1. The van der Waals surface area contributed by atoms with Gasteiger partial charge in [0.05, 0.1) is 7.11 Å². The molecule has 0 heterocycles. The number of benzene rings is 2. The Morgan fingerprint density at radius 2 is 1.77 bits per heavy atom. The highest BCUT2D eigenvalue weighted by molar-refractivity contribution is 5.33. The van der Waals surface area contributed by atoms with Gasteiger partial charge in [0.2, 0.25) is 0 Å². The second kappa shape index (κ2) is 7.43. The molecule has 1 atom stereocenters. The van der Waals surface area contributed by atoms with Crippen molar-refractivity contribution in [3.63, 3.8) is 0 Å². The van der Waals surface area contributed by atoms with Crippen molar-refractivity contribution in [3.8, 4) is 5.75 Å². The molecule has 1 aliphatic rings. The number of hydrogen-bond donors (Lipinski definition) is 2. The van der Waals surface area contributed by atoms with Crippen molar-refractivity contribution < 1.29 is 4.74 Å². The third-order valence-electron chi connectivity index (χ3n) is 4.12. The molecule has 2 N–H and O–H groups in total. The van der Waals surface area contributed by atoms with Crippen molar-refractivity contribution in [2.75, 3.05) is 13.7 Å². The summed E-state index contributed by atoms with van der Waals surface area (Å²) in [5.41, 5.74) is 2.52. The summed E-state index contributed by atoms with van der Waals surface area (Å²) in [5, 5.41) is 7.29. The van der Waals surface area contributed by atoms with Crippen LogP contribution in [0.25, 0.3) is 0 Å². The molecule has 3 rings (SSSR count). The Kier molecular flexibility index (Phi) is 5.09. The summed E-state index contributed by atoms with van der Waals surface area (Å²) >= 11 is 0. The van der Waals surface area contributed by atoms with E-state index in [0.29, 0.717) is 6.04 Å². The molecular weight excluding hydrogens is 272 g/mol. The minimum atomic E-state index is 0.312. The summed E-state index contributed by atoms with van der Waals surface area (Å²) in [6.07, 6.45) is 2.63. The summed E-state index contributed by atoms with van der Waals surface area (Å²) in [6.45, 7) is 1.76. The lowest BCUT2D eigenvalue weighted by molar-refractivity contribution is 0.404. The first-order valence-electron chi connectivity index (χ1n) is 8.00.